The van der Waals surface area contributed by atoms with Crippen LogP contribution < -0.4 is 56.5 Å². The molecule has 8 nitrogen and oxygen atoms in total. The van der Waals surface area contributed by atoms with Crippen molar-refractivity contribution in [1.29, 1.82) is 0 Å². The summed E-state index contributed by atoms with van der Waals surface area (Å²) in [4.78, 5) is 28.3. The van der Waals surface area contributed by atoms with Crippen molar-refractivity contribution in [3.05, 3.63) is 89.4 Å². The number of aromatic nitrogens is 2. The van der Waals surface area contributed by atoms with E-state index in [1.165, 1.54) is 12.3 Å². The van der Waals surface area contributed by atoms with E-state index < -0.39 is 12.1 Å². The number of carboxylic acid groups (broad SMARTS) is 1. The zero-order valence-corrected chi connectivity index (χ0v) is 19.6. The van der Waals surface area contributed by atoms with Gasteiger partial charge < -0.3 is 9.90 Å². The van der Waals surface area contributed by atoms with Gasteiger partial charge >= 0.3 is 51.4 Å². The van der Waals surface area contributed by atoms with Gasteiger partial charge in [0.2, 0.25) is 6.17 Å². The molecule has 1 atom stereocenters. The second-order valence-corrected chi connectivity index (χ2v) is 6.32. The van der Waals surface area contributed by atoms with Gasteiger partial charge in [0, 0.05) is 23.5 Å². The number of amidine groups is 1. The fraction of sp³-hybridized carbons (Fsp3) is 0.0952. The summed E-state index contributed by atoms with van der Waals surface area (Å²) in [5, 5.41) is 19.4. The molecule has 3 aromatic rings. The zero-order chi connectivity index (χ0) is 20.2. The Morgan fingerprint density at radius 3 is 2.60 bits per heavy atom. The van der Waals surface area contributed by atoms with Crippen LogP contribution in [0.2, 0.25) is 0 Å². The molecule has 0 amide bonds. The van der Waals surface area contributed by atoms with Gasteiger partial charge in [0.05, 0.1) is 11.7 Å². The number of azo groups is 1. The largest absolute Gasteiger partial charge is 1.00 e. The Balaban J connectivity index is 0.00000256. The third-order valence-corrected chi connectivity index (χ3v) is 4.18. The summed E-state index contributed by atoms with van der Waals surface area (Å²) in [7, 11) is 0. The van der Waals surface area contributed by atoms with Crippen molar-refractivity contribution in [3.63, 3.8) is 0 Å². The molecule has 0 radical (unpaired) electrons. The minimum Gasteiger partial charge on any atom is -0.545 e. The number of aryl methyl sites for hydroxylation is 1. The minimum atomic E-state index is -1.29. The van der Waals surface area contributed by atoms with Crippen molar-refractivity contribution in [3.8, 4) is 0 Å². The Labute approximate surface area is 215 Å². The maximum absolute atomic E-state index is 10.9. The first kappa shape index (κ1) is 22.3. The van der Waals surface area contributed by atoms with Crippen LogP contribution in [0.4, 0.5) is 5.82 Å². The Kier molecular flexibility index (Phi) is 7.46. The van der Waals surface area contributed by atoms with Crippen molar-refractivity contribution >= 4 is 23.3 Å². The first-order valence-electron chi connectivity index (χ1n) is 8.83. The number of aliphatic imine (C=N–C) groups is 2. The SMILES string of the molecule is Cc1cccc(C2=NC(c3ccc(C(=O)[O-])cn3)=NC2N=Nc2ccccn2)c1.[K+]. The number of benzene rings is 1. The molecule has 4 rings (SSSR count). The van der Waals surface area contributed by atoms with Gasteiger partial charge in [-0.2, -0.15) is 5.11 Å². The maximum Gasteiger partial charge on any atom is 1.00 e. The summed E-state index contributed by atoms with van der Waals surface area (Å²) in [6, 6.07) is 16.2. The smallest absolute Gasteiger partial charge is 0.545 e. The fourth-order valence-electron chi connectivity index (χ4n) is 2.77. The van der Waals surface area contributed by atoms with Gasteiger partial charge in [-0.15, -0.1) is 5.11 Å². The molecule has 30 heavy (non-hydrogen) atoms. The summed E-state index contributed by atoms with van der Waals surface area (Å²) < 4.78 is 0. The van der Waals surface area contributed by atoms with E-state index in [4.69, 9.17) is 0 Å². The van der Waals surface area contributed by atoms with Gasteiger partial charge in [-0.1, -0.05) is 35.9 Å². The van der Waals surface area contributed by atoms with E-state index in [0.717, 1.165) is 11.1 Å². The minimum absolute atomic E-state index is 0. The second-order valence-electron chi connectivity index (χ2n) is 6.32. The van der Waals surface area contributed by atoms with Gasteiger partial charge in [-0.3, -0.25) is 4.98 Å². The number of rotatable bonds is 5. The van der Waals surface area contributed by atoms with Crippen LogP contribution in [-0.2, 0) is 0 Å². The first-order chi connectivity index (χ1) is 14.1. The number of pyridine rings is 2. The van der Waals surface area contributed by atoms with E-state index in [2.05, 4.69) is 30.2 Å². The molecule has 142 valence electrons. The van der Waals surface area contributed by atoms with Crippen LogP contribution in [0, 0.1) is 6.92 Å². The van der Waals surface area contributed by atoms with Crippen LogP contribution in [0.1, 0.15) is 27.2 Å². The molecule has 0 bridgehead atoms. The van der Waals surface area contributed by atoms with Crippen LogP contribution in [-0.4, -0.2) is 33.7 Å². The molecule has 3 heterocycles. The first-order valence-corrected chi connectivity index (χ1v) is 8.83. The number of carboxylic acids is 1. The molecule has 1 unspecified atom stereocenters. The van der Waals surface area contributed by atoms with E-state index in [1.54, 1.807) is 24.4 Å². The quantitative estimate of drug-likeness (QED) is 0.408. The van der Waals surface area contributed by atoms with Crippen LogP contribution in [0.3, 0.4) is 0 Å². The van der Waals surface area contributed by atoms with Gasteiger partial charge in [0.15, 0.2) is 11.7 Å². The molecule has 1 aliphatic rings. The Morgan fingerprint density at radius 1 is 1.07 bits per heavy atom. The van der Waals surface area contributed by atoms with Crippen LogP contribution in [0.15, 0.2) is 87.2 Å². The molecule has 0 aliphatic carbocycles. The van der Waals surface area contributed by atoms with Crippen LogP contribution in [0.5, 0.6) is 0 Å². The van der Waals surface area contributed by atoms with E-state index in [1.807, 2.05) is 37.3 Å². The zero-order valence-electron chi connectivity index (χ0n) is 16.4. The maximum atomic E-state index is 10.9. The molecule has 1 aromatic carbocycles. The normalized spacial score (nSPS) is 15.4. The summed E-state index contributed by atoms with van der Waals surface area (Å²) in [5.41, 5.74) is 3.02. The Hall–Kier alpha value is -2.43. The summed E-state index contributed by atoms with van der Waals surface area (Å²) in [6.07, 6.45) is 2.20. The number of nitrogens with zero attached hydrogens (tertiary/aromatic N) is 6. The molecular formula is C21H15KN6O2. The van der Waals surface area contributed by atoms with Crippen molar-refractivity contribution in [2.24, 2.45) is 20.2 Å². The molecular weight excluding hydrogens is 407 g/mol. The third kappa shape index (κ3) is 5.18. The number of aromatic carboxylic acids is 1. The van der Waals surface area contributed by atoms with Crippen molar-refractivity contribution in [1.82, 2.24) is 9.97 Å². The number of carbonyl (C=O) groups is 1. The molecule has 2 aromatic heterocycles. The van der Waals surface area contributed by atoms with E-state index in [9.17, 15) is 9.90 Å². The summed E-state index contributed by atoms with van der Waals surface area (Å²) in [6.45, 7) is 1.99. The monoisotopic (exact) mass is 422 g/mol. The molecule has 0 saturated carbocycles. The number of carbonyl (C=O) groups excluding carboxylic acids is 1. The van der Waals surface area contributed by atoms with Crippen molar-refractivity contribution < 1.29 is 61.3 Å². The predicted octanol–water partition coefficient (Wildman–Crippen LogP) is -0.488. The van der Waals surface area contributed by atoms with Crippen molar-refractivity contribution in [2.75, 3.05) is 0 Å². The topological polar surface area (TPSA) is 115 Å². The number of hydrogen-bond acceptors (Lipinski definition) is 8. The van der Waals surface area contributed by atoms with E-state index in [-0.39, 0.29) is 56.9 Å². The fourth-order valence-corrected chi connectivity index (χ4v) is 2.77. The molecule has 1 aliphatic heterocycles. The van der Waals surface area contributed by atoms with E-state index in [0.29, 0.717) is 23.1 Å². The van der Waals surface area contributed by atoms with Crippen molar-refractivity contribution in [2.45, 2.75) is 13.1 Å². The molecule has 0 spiro atoms. The van der Waals surface area contributed by atoms with Gasteiger partial charge in [0.25, 0.3) is 0 Å². The summed E-state index contributed by atoms with van der Waals surface area (Å²) >= 11 is 0. The van der Waals surface area contributed by atoms with Crippen LogP contribution >= 0.6 is 0 Å². The molecule has 0 saturated heterocycles. The Bertz CT molecular complexity index is 1140. The Morgan fingerprint density at radius 2 is 1.93 bits per heavy atom. The average molecular weight is 422 g/mol. The summed E-state index contributed by atoms with van der Waals surface area (Å²) in [5.74, 6) is -0.462. The third-order valence-electron chi connectivity index (χ3n) is 4.18. The molecule has 0 fully saturated rings. The van der Waals surface area contributed by atoms with E-state index >= 15 is 0 Å². The molecule has 9 heteroatoms. The standard InChI is InChI=1S/C21H16N6O2.K/c1-13-5-4-6-14(11-13)18-20(27-26-17-7-2-3-10-22-17)25-19(24-18)16-9-8-15(12-23-16)21(28)29;/h2-12,20H,1H3,(H,28,29);/q;+1/p-1. The predicted molar refractivity (Wildman–Crippen MR) is 105 cm³/mol. The van der Waals surface area contributed by atoms with Crippen LogP contribution in [0.25, 0.3) is 0 Å². The van der Waals surface area contributed by atoms with Gasteiger partial charge in [0.1, 0.15) is 5.69 Å². The number of hydrogen-bond donors (Lipinski definition) is 0. The van der Waals surface area contributed by atoms with Gasteiger partial charge in [-0.05, 0) is 31.2 Å². The van der Waals surface area contributed by atoms with Gasteiger partial charge in [-0.25, -0.2) is 15.0 Å². The average Bonchev–Trinajstić information content (AvgIpc) is 3.17. The second kappa shape index (κ2) is 10.1. The molecule has 0 N–H and O–H groups in total.